The van der Waals surface area contributed by atoms with Gasteiger partial charge in [-0.15, -0.1) is 0 Å². The molecule has 0 aromatic rings. The van der Waals surface area contributed by atoms with Crippen molar-refractivity contribution in [3.63, 3.8) is 0 Å². The van der Waals surface area contributed by atoms with E-state index in [0.29, 0.717) is 12.5 Å². The molecular formula is C8H17NO. The third kappa shape index (κ3) is 1.70. The normalized spacial score (nSPS) is 33.6. The molecule has 0 bridgehead atoms. The molecule has 1 N–H and O–H groups in total. The van der Waals surface area contributed by atoms with Crippen LogP contribution in [0.15, 0.2) is 0 Å². The van der Waals surface area contributed by atoms with E-state index >= 15 is 0 Å². The summed E-state index contributed by atoms with van der Waals surface area (Å²) >= 11 is 0. The van der Waals surface area contributed by atoms with Gasteiger partial charge in [0.2, 0.25) is 0 Å². The molecule has 1 rings (SSSR count). The molecule has 2 unspecified atom stereocenters. The summed E-state index contributed by atoms with van der Waals surface area (Å²) in [6.07, 6.45) is 3.65. The van der Waals surface area contributed by atoms with E-state index in [9.17, 15) is 0 Å². The van der Waals surface area contributed by atoms with Crippen LogP contribution in [-0.4, -0.2) is 36.8 Å². The fraction of sp³-hybridized carbons (Fsp3) is 1.00. The predicted molar refractivity (Wildman–Crippen MR) is 41.9 cm³/mol. The zero-order valence-corrected chi connectivity index (χ0v) is 6.88. The number of rotatable bonds is 2. The Morgan fingerprint density at radius 3 is 2.40 bits per heavy atom. The number of nitrogens with zero attached hydrogens (tertiary/aromatic N) is 1. The highest BCUT2D eigenvalue weighted by Gasteiger charge is 2.24. The highest BCUT2D eigenvalue weighted by molar-refractivity contribution is 4.79. The Bertz CT molecular complexity index is 103. The third-order valence-electron chi connectivity index (χ3n) is 2.50. The van der Waals surface area contributed by atoms with Gasteiger partial charge < -0.3 is 10.0 Å². The van der Waals surface area contributed by atoms with Gasteiger partial charge in [-0.05, 0) is 39.3 Å². The average Bonchev–Trinajstić information content (AvgIpc) is 2.34. The van der Waals surface area contributed by atoms with Crippen LogP contribution in [-0.2, 0) is 0 Å². The largest absolute Gasteiger partial charge is 0.396 e. The van der Waals surface area contributed by atoms with E-state index in [1.807, 2.05) is 0 Å². The monoisotopic (exact) mass is 143 g/mol. The number of aliphatic hydroxyl groups excluding tert-OH is 1. The van der Waals surface area contributed by atoms with Crippen molar-refractivity contribution < 1.29 is 5.11 Å². The van der Waals surface area contributed by atoms with E-state index in [0.717, 1.165) is 6.04 Å². The van der Waals surface area contributed by atoms with Crippen LogP contribution in [0.2, 0.25) is 0 Å². The van der Waals surface area contributed by atoms with Crippen molar-refractivity contribution in [2.75, 3.05) is 20.7 Å². The van der Waals surface area contributed by atoms with Gasteiger partial charge in [-0.25, -0.2) is 0 Å². The predicted octanol–water partition coefficient (Wildman–Crippen LogP) is 0.709. The second-order valence-corrected chi connectivity index (χ2v) is 3.48. The first kappa shape index (κ1) is 8.02. The van der Waals surface area contributed by atoms with Gasteiger partial charge in [0.05, 0.1) is 0 Å². The number of hydrogen-bond donors (Lipinski definition) is 1. The highest BCUT2D eigenvalue weighted by atomic mass is 16.3. The van der Waals surface area contributed by atoms with Gasteiger partial charge in [-0.3, -0.25) is 0 Å². The molecule has 1 aliphatic carbocycles. The zero-order chi connectivity index (χ0) is 7.56. The van der Waals surface area contributed by atoms with Crippen LogP contribution in [0.5, 0.6) is 0 Å². The highest BCUT2D eigenvalue weighted by Crippen LogP contribution is 2.27. The summed E-state index contributed by atoms with van der Waals surface area (Å²) in [6, 6.07) is 0.720. The molecule has 1 aliphatic rings. The van der Waals surface area contributed by atoms with Crippen LogP contribution >= 0.6 is 0 Å². The van der Waals surface area contributed by atoms with Crippen LogP contribution in [0.25, 0.3) is 0 Å². The van der Waals surface area contributed by atoms with E-state index in [2.05, 4.69) is 19.0 Å². The Kier molecular flexibility index (Phi) is 2.69. The van der Waals surface area contributed by atoms with Crippen molar-refractivity contribution in [1.82, 2.24) is 4.90 Å². The summed E-state index contributed by atoms with van der Waals surface area (Å²) in [6.45, 7) is 0.379. The first-order valence-corrected chi connectivity index (χ1v) is 4.01. The second kappa shape index (κ2) is 3.35. The topological polar surface area (TPSA) is 23.5 Å². The van der Waals surface area contributed by atoms with E-state index in [-0.39, 0.29) is 0 Å². The molecule has 10 heavy (non-hydrogen) atoms. The lowest BCUT2D eigenvalue weighted by Gasteiger charge is -2.18. The number of aliphatic hydroxyl groups is 1. The molecule has 2 nitrogen and oxygen atoms in total. The molecule has 0 heterocycles. The third-order valence-corrected chi connectivity index (χ3v) is 2.50. The van der Waals surface area contributed by atoms with Crippen molar-refractivity contribution in [3.8, 4) is 0 Å². The summed E-state index contributed by atoms with van der Waals surface area (Å²) in [5, 5.41) is 8.85. The molecule has 0 amide bonds. The molecule has 60 valence electrons. The Balaban J connectivity index is 2.28. The van der Waals surface area contributed by atoms with Gasteiger partial charge in [0.1, 0.15) is 0 Å². The molecule has 1 saturated carbocycles. The van der Waals surface area contributed by atoms with Crippen LogP contribution in [0.3, 0.4) is 0 Å². The van der Waals surface area contributed by atoms with E-state index in [1.165, 1.54) is 19.3 Å². The zero-order valence-electron chi connectivity index (χ0n) is 6.88. The molecule has 0 aromatic carbocycles. The van der Waals surface area contributed by atoms with Crippen molar-refractivity contribution in [3.05, 3.63) is 0 Å². The molecule has 1 fully saturated rings. The summed E-state index contributed by atoms with van der Waals surface area (Å²) in [4.78, 5) is 2.26. The van der Waals surface area contributed by atoms with Crippen LogP contribution in [0, 0.1) is 5.92 Å². The minimum atomic E-state index is 0.379. The van der Waals surface area contributed by atoms with Crippen LogP contribution < -0.4 is 0 Å². The SMILES string of the molecule is CN(C)C1CCC(CO)C1. The van der Waals surface area contributed by atoms with Gasteiger partial charge in [-0.1, -0.05) is 0 Å². The summed E-state index contributed by atoms with van der Waals surface area (Å²) < 4.78 is 0. The smallest absolute Gasteiger partial charge is 0.0459 e. The maximum absolute atomic E-state index is 8.85. The Labute approximate surface area is 62.8 Å². The van der Waals surface area contributed by atoms with Gasteiger partial charge in [0, 0.05) is 12.6 Å². The van der Waals surface area contributed by atoms with E-state index in [4.69, 9.17) is 5.11 Å². The number of hydrogen-bond acceptors (Lipinski definition) is 2. The average molecular weight is 143 g/mol. The van der Waals surface area contributed by atoms with Gasteiger partial charge in [0.15, 0.2) is 0 Å². The van der Waals surface area contributed by atoms with Gasteiger partial charge in [0.25, 0.3) is 0 Å². The lowest BCUT2D eigenvalue weighted by atomic mass is 10.1. The molecule has 0 radical (unpaired) electrons. The first-order chi connectivity index (χ1) is 4.74. The Hall–Kier alpha value is -0.0800. The van der Waals surface area contributed by atoms with Crippen molar-refractivity contribution >= 4 is 0 Å². The van der Waals surface area contributed by atoms with Gasteiger partial charge >= 0.3 is 0 Å². The van der Waals surface area contributed by atoms with Crippen LogP contribution in [0.4, 0.5) is 0 Å². The summed E-state index contributed by atoms with van der Waals surface area (Å²) in [5.74, 6) is 0.576. The maximum atomic E-state index is 8.85. The Morgan fingerprint density at radius 1 is 1.40 bits per heavy atom. The first-order valence-electron chi connectivity index (χ1n) is 4.01. The molecule has 2 heteroatoms. The lowest BCUT2D eigenvalue weighted by Crippen LogP contribution is -2.25. The van der Waals surface area contributed by atoms with E-state index in [1.54, 1.807) is 0 Å². The molecular weight excluding hydrogens is 126 g/mol. The minimum Gasteiger partial charge on any atom is -0.396 e. The molecule has 0 aromatic heterocycles. The maximum Gasteiger partial charge on any atom is 0.0459 e. The van der Waals surface area contributed by atoms with Crippen molar-refractivity contribution in [2.24, 2.45) is 5.92 Å². The van der Waals surface area contributed by atoms with Crippen molar-refractivity contribution in [1.29, 1.82) is 0 Å². The molecule has 0 spiro atoms. The van der Waals surface area contributed by atoms with Crippen LogP contribution in [0.1, 0.15) is 19.3 Å². The van der Waals surface area contributed by atoms with E-state index < -0.39 is 0 Å². The molecule has 2 atom stereocenters. The van der Waals surface area contributed by atoms with Gasteiger partial charge in [-0.2, -0.15) is 0 Å². The second-order valence-electron chi connectivity index (χ2n) is 3.48. The fourth-order valence-electron chi connectivity index (χ4n) is 1.68. The Morgan fingerprint density at radius 2 is 2.10 bits per heavy atom. The van der Waals surface area contributed by atoms with Crippen molar-refractivity contribution in [2.45, 2.75) is 25.3 Å². The standard InChI is InChI=1S/C8H17NO/c1-9(2)8-4-3-7(5-8)6-10/h7-8,10H,3-6H2,1-2H3. The minimum absolute atomic E-state index is 0.379. The summed E-state index contributed by atoms with van der Waals surface area (Å²) in [7, 11) is 4.23. The molecule has 0 saturated heterocycles. The molecule has 0 aliphatic heterocycles. The quantitative estimate of drug-likeness (QED) is 0.615. The lowest BCUT2D eigenvalue weighted by molar-refractivity contribution is 0.216. The summed E-state index contributed by atoms with van der Waals surface area (Å²) in [5.41, 5.74) is 0. The fourth-order valence-corrected chi connectivity index (χ4v) is 1.68.